The number of hydrogen-bond donors (Lipinski definition) is 2. The van der Waals surface area contributed by atoms with Crippen molar-refractivity contribution < 1.29 is 4.39 Å². The molecule has 4 heterocycles. The van der Waals surface area contributed by atoms with Crippen LogP contribution in [0.15, 0.2) is 55.0 Å². The molecule has 0 bridgehead atoms. The van der Waals surface area contributed by atoms with Crippen LogP contribution in [0.1, 0.15) is 18.9 Å². The SMILES string of the molecule is Nc1ncc(-c2cnn(C3CCNCC3)c2)c2ccc(-c3cccc(F)c3)nc12. The topological polar surface area (TPSA) is 81.6 Å². The first-order valence-electron chi connectivity index (χ1n) is 9.75. The Kier molecular flexibility index (Phi) is 4.44. The van der Waals surface area contributed by atoms with E-state index in [4.69, 9.17) is 5.73 Å². The summed E-state index contributed by atoms with van der Waals surface area (Å²) >= 11 is 0. The highest BCUT2D eigenvalue weighted by Crippen LogP contribution is 2.32. The lowest BCUT2D eigenvalue weighted by Gasteiger charge is -2.22. The van der Waals surface area contributed by atoms with E-state index in [1.54, 1.807) is 12.3 Å². The predicted octanol–water partition coefficient (Wildman–Crippen LogP) is 3.81. The number of benzene rings is 1. The molecule has 29 heavy (non-hydrogen) atoms. The Morgan fingerprint density at radius 1 is 1.07 bits per heavy atom. The minimum absolute atomic E-state index is 0.297. The van der Waals surface area contributed by atoms with Gasteiger partial charge in [-0.05, 0) is 50.2 Å². The second kappa shape index (κ2) is 7.25. The molecule has 146 valence electrons. The summed E-state index contributed by atoms with van der Waals surface area (Å²) < 4.78 is 15.7. The summed E-state index contributed by atoms with van der Waals surface area (Å²) in [7, 11) is 0. The van der Waals surface area contributed by atoms with Gasteiger partial charge in [0.05, 0.1) is 17.9 Å². The van der Waals surface area contributed by atoms with Gasteiger partial charge in [-0.15, -0.1) is 0 Å². The van der Waals surface area contributed by atoms with Crippen molar-refractivity contribution in [1.29, 1.82) is 0 Å². The lowest BCUT2D eigenvalue weighted by atomic mass is 10.0. The van der Waals surface area contributed by atoms with Gasteiger partial charge < -0.3 is 11.1 Å². The van der Waals surface area contributed by atoms with E-state index in [2.05, 4.69) is 26.6 Å². The zero-order chi connectivity index (χ0) is 19.8. The van der Waals surface area contributed by atoms with E-state index in [1.165, 1.54) is 12.1 Å². The molecule has 0 radical (unpaired) electrons. The summed E-state index contributed by atoms with van der Waals surface area (Å²) in [6, 6.07) is 10.6. The molecule has 3 aromatic heterocycles. The van der Waals surface area contributed by atoms with Gasteiger partial charge in [-0.3, -0.25) is 4.68 Å². The number of nitrogens with zero attached hydrogens (tertiary/aromatic N) is 4. The van der Waals surface area contributed by atoms with Crippen LogP contribution in [-0.2, 0) is 0 Å². The molecule has 0 unspecified atom stereocenters. The molecule has 0 spiro atoms. The van der Waals surface area contributed by atoms with Gasteiger partial charge in [-0.25, -0.2) is 14.4 Å². The number of aromatic nitrogens is 4. The van der Waals surface area contributed by atoms with Gasteiger partial charge in [0.15, 0.2) is 0 Å². The van der Waals surface area contributed by atoms with Crippen LogP contribution < -0.4 is 11.1 Å². The van der Waals surface area contributed by atoms with Gasteiger partial charge >= 0.3 is 0 Å². The van der Waals surface area contributed by atoms with Gasteiger partial charge in [0.2, 0.25) is 0 Å². The Morgan fingerprint density at radius 3 is 2.76 bits per heavy atom. The second-order valence-corrected chi connectivity index (χ2v) is 7.35. The fourth-order valence-corrected chi connectivity index (χ4v) is 3.92. The summed E-state index contributed by atoms with van der Waals surface area (Å²) in [5.74, 6) is 0.0577. The number of hydrogen-bond acceptors (Lipinski definition) is 5. The van der Waals surface area contributed by atoms with Gasteiger partial charge in [-0.1, -0.05) is 12.1 Å². The molecule has 0 amide bonds. The quantitative estimate of drug-likeness (QED) is 0.558. The maximum absolute atomic E-state index is 13.6. The number of rotatable bonds is 3. The highest BCUT2D eigenvalue weighted by molar-refractivity contribution is 5.99. The highest BCUT2D eigenvalue weighted by atomic mass is 19.1. The molecular weight excluding hydrogens is 367 g/mol. The summed E-state index contributed by atoms with van der Waals surface area (Å²) in [4.78, 5) is 9.03. The van der Waals surface area contributed by atoms with Crippen LogP contribution in [0.4, 0.5) is 10.2 Å². The van der Waals surface area contributed by atoms with Gasteiger partial charge in [0.25, 0.3) is 0 Å². The normalized spacial score (nSPS) is 15.1. The third kappa shape index (κ3) is 3.34. The fraction of sp³-hybridized carbons (Fsp3) is 0.227. The Labute approximate surface area is 167 Å². The number of halogens is 1. The molecule has 1 aromatic carbocycles. The monoisotopic (exact) mass is 388 g/mol. The number of nitrogens with two attached hydrogens (primary N) is 1. The van der Waals surface area contributed by atoms with Crippen molar-refractivity contribution in [3.63, 3.8) is 0 Å². The number of piperidine rings is 1. The molecule has 3 N–H and O–H groups in total. The van der Waals surface area contributed by atoms with Crippen molar-refractivity contribution >= 4 is 16.7 Å². The van der Waals surface area contributed by atoms with Crippen molar-refractivity contribution in [1.82, 2.24) is 25.1 Å². The van der Waals surface area contributed by atoms with E-state index in [0.29, 0.717) is 28.6 Å². The van der Waals surface area contributed by atoms with Gasteiger partial charge in [0.1, 0.15) is 17.2 Å². The second-order valence-electron chi connectivity index (χ2n) is 7.35. The van der Waals surface area contributed by atoms with Crippen molar-refractivity contribution in [2.24, 2.45) is 0 Å². The largest absolute Gasteiger partial charge is 0.382 e. The molecule has 5 rings (SSSR count). The average molecular weight is 388 g/mol. The van der Waals surface area contributed by atoms with Crippen molar-refractivity contribution in [3.05, 3.63) is 60.8 Å². The first-order valence-corrected chi connectivity index (χ1v) is 9.75. The molecule has 0 saturated carbocycles. The van der Waals surface area contributed by atoms with Gasteiger partial charge in [-0.2, -0.15) is 5.10 Å². The van der Waals surface area contributed by atoms with Crippen molar-refractivity contribution in [2.75, 3.05) is 18.8 Å². The number of nitrogen functional groups attached to an aromatic ring is 1. The van der Waals surface area contributed by atoms with Crippen LogP contribution in [0, 0.1) is 5.82 Å². The molecule has 7 heteroatoms. The Morgan fingerprint density at radius 2 is 1.93 bits per heavy atom. The molecule has 4 aromatic rings. The molecule has 0 aliphatic carbocycles. The van der Waals surface area contributed by atoms with E-state index in [0.717, 1.165) is 42.4 Å². The Balaban J connectivity index is 1.57. The van der Waals surface area contributed by atoms with E-state index in [-0.39, 0.29) is 5.82 Å². The van der Waals surface area contributed by atoms with E-state index in [9.17, 15) is 4.39 Å². The molecule has 6 nitrogen and oxygen atoms in total. The Hall–Kier alpha value is -3.32. The first kappa shape index (κ1) is 17.8. The summed E-state index contributed by atoms with van der Waals surface area (Å²) in [5, 5.41) is 8.87. The number of nitrogens with one attached hydrogen (secondary N) is 1. The molecule has 1 saturated heterocycles. The Bertz CT molecular complexity index is 1180. The first-order chi connectivity index (χ1) is 14.2. The zero-order valence-corrected chi connectivity index (χ0v) is 15.8. The highest BCUT2D eigenvalue weighted by Gasteiger charge is 2.17. The maximum Gasteiger partial charge on any atom is 0.149 e. The number of anilines is 1. The van der Waals surface area contributed by atoms with Crippen molar-refractivity contribution in [2.45, 2.75) is 18.9 Å². The zero-order valence-electron chi connectivity index (χ0n) is 15.8. The molecule has 1 aliphatic heterocycles. The standard InChI is InChI=1S/C22H21FN6/c23-16-3-1-2-14(10-16)20-5-4-18-19(12-26-22(24)21(18)28-20)15-11-27-29(13-15)17-6-8-25-9-7-17/h1-5,10-13,17,25H,6-9H2,(H2,24,26). The number of fused-ring (bicyclic) bond motifs is 1. The van der Waals surface area contributed by atoms with Crippen LogP contribution in [0.5, 0.6) is 0 Å². The van der Waals surface area contributed by atoms with E-state index >= 15 is 0 Å². The summed E-state index contributed by atoms with van der Waals surface area (Å²) in [6.07, 6.45) is 7.85. The third-order valence-electron chi connectivity index (χ3n) is 5.48. The predicted molar refractivity (Wildman–Crippen MR) is 112 cm³/mol. The minimum Gasteiger partial charge on any atom is -0.382 e. The minimum atomic E-state index is -0.297. The average Bonchev–Trinajstić information content (AvgIpc) is 3.25. The lowest BCUT2D eigenvalue weighted by Crippen LogP contribution is -2.29. The van der Waals surface area contributed by atoms with Gasteiger partial charge in [0, 0.05) is 34.5 Å². The summed E-state index contributed by atoms with van der Waals surface area (Å²) in [6.45, 7) is 2.03. The molecule has 0 atom stereocenters. The molecule has 1 fully saturated rings. The van der Waals surface area contributed by atoms with Crippen LogP contribution in [0.25, 0.3) is 33.3 Å². The summed E-state index contributed by atoms with van der Waals surface area (Å²) in [5.41, 5.74) is 10.0. The van der Waals surface area contributed by atoms with Crippen molar-refractivity contribution in [3.8, 4) is 22.4 Å². The van der Waals surface area contributed by atoms with Crippen LogP contribution in [0.2, 0.25) is 0 Å². The molecular formula is C22H21FN6. The number of pyridine rings is 2. The third-order valence-corrected chi connectivity index (χ3v) is 5.48. The maximum atomic E-state index is 13.6. The lowest BCUT2D eigenvalue weighted by molar-refractivity contribution is 0.343. The smallest absolute Gasteiger partial charge is 0.149 e. The van der Waals surface area contributed by atoms with E-state index < -0.39 is 0 Å². The molecule has 1 aliphatic rings. The van der Waals surface area contributed by atoms with E-state index in [1.807, 2.05) is 29.1 Å². The van der Waals surface area contributed by atoms with Crippen LogP contribution in [0.3, 0.4) is 0 Å². The van der Waals surface area contributed by atoms with Crippen LogP contribution >= 0.6 is 0 Å². The fourth-order valence-electron chi connectivity index (χ4n) is 3.92. The van der Waals surface area contributed by atoms with Crippen LogP contribution in [-0.4, -0.2) is 32.8 Å².